The van der Waals surface area contributed by atoms with Crippen LogP contribution in [0.1, 0.15) is 18.2 Å². The highest BCUT2D eigenvalue weighted by Crippen LogP contribution is 2.18. The minimum Gasteiger partial charge on any atom is -0.301 e. The molecule has 6 nitrogen and oxygen atoms in total. The average Bonchev–Trinajstić information content (AvgIpc) is 2.60. The number of halogens is 1. The summed E-state index contributed by atoms with van der Waals surface area (Å²) in [5, 5.41) is 4.61. The van der Waals surface area contributed by atoms with Gasteiger partial charge in [0, 0.05) is 31.4 Å². The van der Waals surface area contributed by atoms with Crippen LogP contribution in [-0.4, -0.2) is 18.9 Å². The topological polar surface area (TPSA) is 61.8 Å². The molecule has 0 aliphatic carbocycles. The van der Waals surface area contributed by atoms with E-state index in [0.29, 0.717) is 23.0 Å². The number of hydrogen-bond donors (Lipinski definition) is 0. The minimum absolute atomic E-state index is 0.136. The lowest BCUT2D eigenvalue weighted by molar-refractivity contribution is 0.599. The van der Waals surface area contributed by atoms with Crippen molar-refractivity contribution in [3.63, 3.8) is 0 Å². The molecule has 0 aliphatic rings. The Morgan fingerprint density at radius 1 is 1.37 bits per heavy atom. The van der Waals surface area contributed by atoms with Crippen molar-refractivity contribution in [1.82, 2.24) is 18.9 Å². The van der Waals surface area contributed by atoms with Gasteiger partial charge in [0.15, 0.2) is 0 Å². The van der Waals surface area contributed by atoms with Crippen LogP contribution < -0.4 is 11.2 Å². The largest absolute Gasteiger partial charge is 0.331 e. The smallest absolute Gasteiger partial charge is 0.301 e. The second kappa shape index (κ2) is 5.05. The van der Waals surface area contributed by atoms with E-state index in [0.717, 1.165) is 0 Å². The molecule has 0 saturated heterocycles. The van der Waals surface area contributed by atoms with Crippen LogP contribution in [0.5, 0.6) is 0 Å². The van der Waals surface area contributed by atoms with Gasteiger partial charge in [-0.2, -0.15) is 5.10 Å². The van der Waals surface area contributed by atoms with Gasteiger partial charge in [-0.1, -0.05) is 11.6 Å². The van der Waals surface area contributed by atoms with E-state index < -0.39 is 0 Å². The maximum Gasteiger partial charge on any atom is 0.331 e. The molecule has 0 radical (unpaired) electrons. The number of hydrogen-bond acceptors (Lipinski definition) is 3. The van der Waals surface area contributed by atoms with Crippen LogP contribution in [0.15, 0.2) is 21.9 Å². The molecule has 19 heavy (non-hydrogen) atoms. The molecule has 0 amide bonds. The van der Waals surface area contributed by atoms with Crippen LogP contribution in [0.2, 0.25) is 5.15 Å². The van der Waals surface area contributed by atoms with Crippen LogP contribution in [0.3, 0.4) is 0 Å². The minimum atomic E-state index is -0.339. The zero-order valence-corrected chi connectivity index (χ0v) is 11.8. The summed E-state index contributed by atoms with van der Waals surface area (Å²) in [6.07, 6.45) is 1.50. The highest BCUT2D eigenvalue weighted by molar-refractivity contribution is 6.30. The molecule has 2 heterocycles. The van der Waals surface area contributed by atoms with Gasteiger partial charge in [0.2, 0.25) is 0 Å². The van der Waals surface area contributed by atoms with E-state index in [4.69, 9.17) is 11.6 Å². The summed E-state index contributed by atoms with van der Waals surface area (Å²) in [5.74, 6) is 0. The van der Waals surface area contributed by atoms with E-state index in [-0.39, 0.29) is 17.8 Å². The maximum absolute atomic E-state index is 12.1. The summed E-state index contributed by atoms with van der Waals surface area (Å²) >= 11 is 6.12. The first kappa shape index (κ1) is 13.6. The van der Waals surface area contributed by atoms with Crippen molar-refractivity contribution in [2.45, 2.75) is 26.9 Å². The van der Waals surface area contributed by atoms with Crippen LogP contribution in [0, 0.1) is 6.92 Å². The zero-order valence-electron chi connectivity index (χ0n) is 11.1. The fourth-order valence-corrected chi connectivity index (χ4v) is 2.19. The number of aromatic nitrogens is 4. The van der Waals surface area contributed by atoms with Crippen molar-refractivity contribution in [2.75, 3.05) is 0 Å². The van der Waals surface area contributed by atoms with Gasteiger partial charge in [-0.05, 0) is 13.8 Å². The molecule has 7 heteroatoms. The van der Waals surface area contributed by atoms with E-state index in [1.54, 1.807) is 14.0 Å². The van der Waals surface area contributed by atoms with Crippen molar-refractivity contribution >= 4 is 11.6 Å². The number of aryl methyl sites for hydroxylation is 3. The molecule has 0 saturated carbocycles. The molecular weight excluding hydrogens is 268 g/mol. The Morgan fingerprint density at radius 2 is 2.05 bits per heavy atom. The molecule has 0 fully saturated rings. The quantitative estimate of drug-likeness (QED) is 0.835. The molecule has 0 atom stereocenters. The lowest BCUT2D eigenvalue weighted by Crippen LogP contribution is -2.39. The molecule has 2 aromatic heterocycles. The van der Waals surface area contributed by atoms with Gasteiger partial charge in [0.25, 0.3) is 5.56 Å². The molecule has 0 unspecified atom stereocenters. The summed E-state index contributed by atoms with van der Waals surface area (Å²) in [4.78, 5) is 23.9. The lowest BCUT2D eigenvalue weighted by atomic mass is 10.2. The van der Waals surface area contributed by atoms with Gasteiger partial charge < -0.3 is 4.57 Å². The Labute approximate surface area is 114 Å². The van der Waals surface area contributed by atoms with E-state index in [1.807, 2.05) is 6.92 Å². The molecule has 2 rings (SSSR count). The molecule has 0 N–H and O–H groups in total. The van der Waals surface area contributed by atoms with Gasteiger partial charge in [-0.15, -0.1) is 0 Å². The van der Waals surface area contributed by atoms with E-state index in [1.165, 1.54) is 26.1 Å². The summed E-state index contributed by atoms with van der Waals surface area (Å²) in [5.41, 5.74) is 0.728. The van der Waals surface area contributed by atoms with Crippen molar-refractivity contribution in [3.8, 4) is 0 Å². The van der Waals surface area contributed by atoms with Crippen molar-refractivity contribution in [3.05, 3.63) is 49.5 Å². The third-order valence-electron chi connectivity index (χ3n) is 3.07. The Morgan fingerprint density at radius 3 is 2.58 bits per heavy atom. The van der Waals surface area contributed by atoms with Crippen LogP contribution in [-0.2, 0) is 20.1 Å². The van der Waals surface area contributed by atoms with Crippen LogP contribution in [0.4, 0.5) is 0 Å². The van der Waals surface area contributed by atoms with Crippen LogP contribution >= 0.6 is 11.6 Å². The molecule has 0 aliphatic heterocycles. The van der Waals surface area contributed by atoms with Crippen molar-refractivity contribution in [2.24, 2.45) is 7.05 Å². The SMILES string of the molecule is CCn1ccc(=O)n(Cc2c(C)nn(C)c2Cl)c1=O. The third kappa shape index (κ3) is 2.35. The molecule has 0 bridgehead atoms. The highest BCUT2D eigenvalue weighted by atomic mass is 35.5. The standard InChI is InChI=1S/C12H15ClN4O2/c1-4-16-6-5-10(18)17(12(16)19)7-9-8(2)14-15(3)11(9)13/h5-6H,4,7H2,1-3H3. The monoisotopic (exact) mass is 282 g/mol. The predicted molar refractivity (Wildman–Crippen MR) is 72.7 cm³/mol. The average molecular weight is 283 g/mol. The Bertz CT molecular complexity index is 726. The fraction of sp³-hybridized carbons (Fsp3) is 0.417. The number of nitrogens with zero attached hydrogens (tertiary/aromatic N) is 4. The zero-order chi connectivity index (χ0) is 14.2. The molecule has 0 spiro atoms. The van der Waals surface area contributed by atoms with Crippen molar-refractivity contribution in [1.29, 1.82) is 0 Å². The first-order valence-electron chi connectivity index (χ1n) is 5.94. The van der Waals surface area contributed by atoms with Gasteiger partial charge in [0.1, 0.15) is 5.15 Å². The lowest BCUT2D eigenvalue weighted by Gasteiger charge is -2.08. The Kier molecular flexibility index (Phi) is 3.61. The molecule has 102 valence electrons. The van der Waals surface area contributed by atoms with Gasteiger partial charge >= 0.3 is 5.69 Å². The second-order valence-corrected chi connectivity index (χ2v) is 4.65. The molecule has 2 aromatic rings. The van der Waals surface area contributed by atoms with Crippen molar-refractivity contribution < 1.29 is 0 Å². The predicted octanol–water partition coefficient (Wildman–Crippen LogP) is 0.774. The fourth-order valence-electron chi connectivity index (χ4n) is 1.95. The van der Waals surface area contributed by atoms with Gasteiger partial charge in [-0.3, -0.25) is 14.0 Å². The van der Waals surface area contributed by atoms with Gasteiger partial charge in [0.05, 0.1) is 12.2 Å². The Hall–Kier alpha value is -1.82. The summed E-state index contributed by atoms with van der Waals surface area (Å²) < 4.78 is 4.17. The normalized spacial score (nSPS) is 10.9. The summed E-state index contributed by atoms with van der Waals surface area (Å²) in [6.45, 7) is 4.29. The first-order chi connectivity index (χ1) is 8.95. The maximum atomic E-state index is 12.1. The number of rotatable bonds is 3. The van der Waals surface area contributed by atoms with Crippen LogP contribution in [0.25, 0.3) is 0 Å². The highest BCUT2D eigenvalue weighted by Gasteiger charge is 2.14. The van der Waals surface area contributed by atoms with E-state index >= 15 is 0 Å². The summed E-state index contributed by atoms with van der Waals surface area (Å²) in [7, 11) is 1.72. The summed E-state index contributed by atoms with van der Waals surface area (Å²) in [6, 6.07) is 1.38. The molecule has 0 aromatic carbocycles. The van der Waals surface area contributed by atoms with E-state index in [9.17, 15) is 9.59 Å². The second-order valence-electron chi connectivity index (χ2n) is 4.29. The Balaban J connectivity index is 2.55. The molecular formula is C12H15ClN4O2. The van der Waals surface area contributed by atoms with E-state index in [2.05, 4.69) is 5.10 Å². The third-order valence-corrected chi connectivity index (χ3v) is 3.54. The first-order valence-corrected chi connectivity index (χ1v) is 6.31. The van der Waals surface area contributed by atoms with Gasteiger partial charge in [-0.25, -0.2) is 4.79 Å².